The monoisotopic (exact) mass is 315 g/mol. The zero-order valence-corrected chi connectivity index (χ0v) is 12.9. The van der Waals surface area contributed by atoms with E-state index in [-0.39, 0.29) is 11.5 Å². The molecule has 0 bridgehead atoms. The van der Waals surface area contributed by atoms with Crippen molar-refractivity contribution in [3.8, 4) is 11.8 Å². The molecule has 0 atom stereocenters. The van der Waals surface area contributed by atoms with Crippen molar-refractivity contribution < 1.29 is 13.2 Å². The second-order valence-corrected chi connectivity index (χ2v) is 7.10. The van der Waals surface area contributed by atoms with E-state index in [4.69, 9.17) is 10.00 Å². The summed E-state index contributed by atoms with van der Waals surface area (Å²) in [7, 11) is -3.20. The quantitative estimate of drug-likeness (QED) is 0.737. The molecule has 0 amide bonds. The SMILES string of the molecule is N#Cc1cccc(CS(=O)(=O)CCCOc2ccccc2)c1. The average Bonchev–Trinajstić information content (AvgIpc) is 2.52. The lowest BCUT2D eigenvalue weighted by molar-refractivity contribution is 0.317. The minimum atomic E-state index is -3.20. The lowest BCUT2D eigenvalue weighted by atomic mass is 10.2. The Morgan fingerprint density at radius 3 is 2.55 bits per heavy atom. The normalized spacial score (nSPS) is 10.9. The van der Waals surface area contributed by atoms with Crippen LogP contribution >= 0.6 is 0 Å². The molecule has 2 aromatic rings. The molecule has 22 heavy (non-hydrogen) atoms. The minimum absolute atomic E-state index is 0.0478. The highest BCUT2D eigenvalue weighted by Crippen LogP contribution is 2.11. The minimum Gasteiger partial charge on any atom is -0.494 e. The molecule has 0 saturated heterocycles. The maximum atomic E-state index is 12.1. The number of nitrogens with zero attached hydrogens (tertiary/aromatic N) is 1. The second-order valence-electron chi connectivity index (χ2n) is 4.92. The molecular formula is C17H17NO3S. The molecule has 0 aromatic heterocycles. The molecule has 2 rings (SSSR count). The van der Waals surface area contributed by atoms with E-state index in [1.807, 2.05) is 36.4 Å². The Kier molecular flexibility index (Phi) is 5.56. The Bertz CT molecular complexity index is 749. The molecule has 0 aliphatic rings. The molecule has 0 saturated carbocycles. The molecule has 0 fully saturated rings. The van der Waals surface area contributed by atoms with Crippen molar-refractivity contribution in [1.29, 1.82) is 5.26 Å². The summed E-state index contributed by atoms with van der Waals surface area (Å²) in [5.41, 5.74) is 1.11. The summed E-state index contributed by atoms with van der Waals surface area (Å²) in [6.45, 7) is 0.363. The van der Waals surface area contributed by atoms with Gasteiger partial charge in [-0.3, -0.25) is 0 Å². The second kappa shape index (κ2) is 7.62. The third kappa shape index (κ3) is 5.23. The summed E-state index contributed by atoms with van der Waals surface area (Å²) in [6, 6.07) is 18.0. The number of hydrogen-bond donors (Lipinski definition) is 0. The fraction of sp³-hybridized carbons (Fsp3) is 0.235. The largest absolute Gasteiger partial charge is 0.494 e. The van der Waals surface area contributed by atoms with E-state index >= 15 is 0 Å². The molecule has 0 N–H and O–H groups in total. The van der Waals surface area contributed by atoms with E-state index in [0.717, 1.165) is 5.75 Å². The molecule has 0 aliphatic carbocycles. The first kappa shape index (κ1) is 16.1. The van der Waals surface area contributed by atoms with Crippen LogP contribution in [-0.4, -0.2) is 20.8 Å². The van der Waals surface area contributed by atoms with Crippen LogP contribution in [0.5, 0.6) is 5.75 Å². The summed E-state index contributed by atoms with van der Waals surface area (Å²) in [5.74, 6) is 0.756. The molecule has 0 aliphatic heterocycles. The Morgan fingerprint density at radius 2 is 1.82 bits per heavy atom. The fourth-order valence-electron chi connectivity index (χ4n) is 2.04. The van der Waals surface area contributed by atoms with E-state index in [9.17, 15) is 8.42 Å². The standard InChI is InChI=1S/C17H17NO3S/c18-13-15-6-4-7-16(12-15)14-22(19,20)11-5-10-21-17-8-2-1-3-9-17/h1-4,6-9,12H,5,10-11,14H2. The lowest BCUT2D eigenvalue weighted by Gasteiger charge is -2.07. The summed E-state index contributed by atoms with van der Waals surface area (Å²) < 4.78 is 29.6. The van der Waals surface area contributed by atoms with Gasteiger partial charge < -0.3 is 4.74 Å². The topological polar surface area (TPSA) is 67.2 Å². The van der Waals surface area contributed by atoms with Crippen LogP contribution in [0.3, 0.4) is 0 Å². The first-order valence-corrected chi connectivity index (χ1v) is 8.78. The highest BCUT2D eigenvalue weighted by molar-refractivity contribution is 7.90. The summed E-state index contributed by atoms with van der Waals surface area (Å²) in [6.07, 6.45) is 0.440. The van der Waals surface area contributed by atoms with E-state index < -0.39 is 9.84 Å². The summed E-state index contributed by atoms with van der Waals surface area (Å²) in [4.78, 5) is 0. The van der Waals surface area contributed by atoms with Gasteiger partial charge in [0.05, 0.1) is 29.7 Å². The first-order chi connectivity index (χ1) is 10.6. The Hall–Kier alpha value is -2.32. The van der Waals surface area contributed by atoms with Crippen molar-refractivity contribution in [2.45, 2.75) is 12.2 Å². The Labute approximate surface area is 130 Å². The Morgan fingerprint density at radius 1 is 1.05 bits per heavy atom. The van der Waals surface area contributed by atoms with Crippen molar-refractivity contribution in [3.63, 3.8) is 0 Å². The molecule has 2 aromatic carbocycles. The fourth-order valence-corrected chi connectivity index (χ4v) is 3.43. The van der Waals surface area contributed by atoms with Crippen LogP contribution in [-0.2, 0) is 15.6 Å². The summed E-state index contributed by atoms with van der Waals surface area (Å²) in [5, 5.41) is 8.83. The van der Waals surface area contributed by atoms with Crippen LogP contribution < -0.4 is 4.74 Å². The molecular weight excluding hydrogens is 298 g/mol. The summed E-state index contributed by atoms with van der Waals surface area (Å²) >= 11 is 0. The zero-order chi connectivity index (χ0) is 15.8. The van der Waals surface area contributed by atoms with Crippen LogP contribution in [0, 0.1) is 11.3 Å². The van der Waals surface area contributed by atoms with Gasteiger partial charge >= 0.3 is 0 Å². The van der Waals surface area contributed by atoms with Crippen LogP contribution in [0.1, 0.15) is 17.5 Å². The number of benzene rings is 2. The van der Waals surface area contributed by atoms with Crippen molar-refractivity contribution >= 4 is 9.84 Å². The number of para-hydroxylation sites is 1. The average molecular weight is 315 g/mol. The van der Waals surface area contributed by atoms with Crippen LogP contribution in [0.2, 0.25) is 0 Å². The van der Waals surface area contributed by atoms with Crippen LogP contribution in [0.25, 0.3) is 0 Å². The van der Waals surface area contributed by atoms with Crippen molar-refractivity contribution in [1.82, 2.24) is 0 Å². The molecule has 0 radical (unpaired) electrons. The van der Waals surface area contributed by atoms with Gasteiger partial charge in [0, 0.05) is 0 Å². The van der Waals surface area contributed by atoms with Crippen molar-refractivity contribution in [3.05, 3.63) is 65.7 Å². The Balaban J connectivity index is 1.82. The highest BCUT2D eigenvalue weighted by atomic mass is 32.2. The maximum Gasteiger partial charge on any atom is 0.154 e. The van der Waals surface area contributed by atoms with Crippen LogP contribution in [0.4, 0.5) is 0 Å². The van der Waals surface area contributed by atoms with Gasteiger partial charge in [0.2, 0.25) is 0 Å². The van der Waals surface area contributed by atoms with Gasteiger partial charge in [-0.2, -0.15) is 5.26 Å². The zero-order valence-electron chi connectivity index (χ0n) is 12.1. The maximum absolute atomic E-state index is 12.1. The van der Waals surface area contributed by atoms with Gasteiger partial charge in [-0.05, 0) is 36.2 Å². The van der Waals surface area contributed by atoms with Gasteiger partial charge in [-0.25, -0.2) is 8.42 Å². The number of nitriles is 1. The first-order valence-electron chi connectivity index (χ1n) is 6.96. The predicted molar refractivity (Wildman–Crippen MR) is 85.2 cm³/mol. The van der Waals surface area contributed by atoms with Gasteiger partial charge in [0.15, 0.2) is 9.84 Å². The molecule has 114 valence electrons. The molecule has 4 nitrogen and oxygen atoms in total. The van der Waals surface area contributed by atoms with Gasteiger partial charge in [0.1, 0.15) is 5.75 Å². The number of ether oxygens (including phenoxy) is 1. The van der Waals surface area contributed by atoms with Gasteiger partial charge in [-0.15, -0.1) is 0 Å². The number of sulfone groups is 1. The smallest absolute Gasteiger partial charge is 0.154 e. The van der Waals surface area contributed by atoms with E-state index in [0.29, 0.717) is 24.2 Å². The lowest BCUT2D eigenvalue weighted by Crippen LogP contribution is -2.12. The van der Waals surface area contributed by atoms with E-state index in [1.54, 1.807) is 24.3 Å². The van der Waals surface area contributed by atoms with E-state index in [1.165, 1.54) is 0 Å². The predicted octanol–water partition coefficient (Wildman–Crippen LogP) is 2.94. The third-order valence-electron chi connectivity index (χ3n) is 3.05. The molecule has 5 heteroatoms. The van der Waals surface area contributed by atoms with Crippen molar-refractivity contribution in [2.75, 3.05) is 12.4 Å². The van der Waals surface area contributed by atoms with Gasteiger partial charge in [0.25, 0.3) is 0 Å². The van der Waals surface area contributed by atoms with Crippen molar-refractivity contribution in [2.24, 2.45) is 0 Å². The number of rotatable bonds is 7. The molecule has 0 heterocycles. The number of hydrogen-bond acceptors (Lipinski definition) is 4. The van der Waals surface area contributed by atoms with E-state index in [2.05, 4.69) is 0 Å². The molecule has 0 unspecified atom stereocenters. The third-order valence-corrected chi connectivity index (χ3v) is 4.74. The van der Waals surface area contributed by atoms with Crippen LogP contribution in [0.15, 0.2) is 54.6 Å². The highest BCUT2D eigenvalue weighted by Gasteiger charge is 2.12. The van der Waals surface area contributed by atoms with Gasteiger partial charge in [-0.1, -0.05) is 30.3 Å². The molecule has 0 spiro atoms.